The molecule has 0 spiro atoms. The number of aromatic nitrogens is 1. The van der Waals surface area contributed by atoms with E-state index in [0.717, 1.165) is 0 Å². The molecule has 1 aliphatic carbocycles. The van der Waals surface area contributed by atoms with Crippen LogP contribution in [0, 0.1) is 20.8 Å². The Morgan fingerprint density at radius 1 is 0.667 bits per heavy atom. The van der Waals surface area contributed by atoms with Gasteiger partial charge < -0.3 is 0 Å². The number of benzene rings is 3. The van der Waals surface area contributed by atoms with Gasteiger partial charge in [0.15, 0.2) is 0 Å². The number of aryl methyl sites for hydroxylation is 2. The van der Waals surface area contributed by atoms with Crippen molar-refractivity contribution in [1.82, 2.24) is 4.98 Å². The lowest BCUT2D eigenvalue weighted by molar-refractivity contribution is 0.660. The van der Waals surface area contributed by atoms with Crippen LogP contribution in [0.2, 0.25) is 0 Å². The molecule has 1 heteroatoms. The van der Waals surface area contributed by atoms with E-state index in [2.05, 4.69) is 100 Å². The van der Waals surface area contributed by atoms with E-state index in [1.54, 1.807) is 0 Å². The molecule has 1 nitrogen and oxygen atoms in total. The largest absolute Gasteiger partial charge is 0.265 e. The fourth-order valence-corrected chi connectivity index (χ4v) is 5.11. The molecule has 0 aliphatic heterocycles. The van der Waals surface area contributed by atoms with Crippen molar-refractivity contribution in [2.24, 2.45) is 0 Å². The average Bonchev–Trinajstić information content (AvgIpc) is 2.95. The Bertz CT molecular complexity index is 1280. The van der Waals surface area contributed by atoms with Crippen molar-refractivity contribution in [2.75, 3.05) is 0 Å². The first-order chi connectivity index (χ1) is 14.4. The van der Waals surface area contributed by atoms with E-state index < -0.39 is 0 Å². The quantitative estimate of drug-likeness (QED) is 0.343. The molecule has 0 saturated heterocycles. The summed E-state index contributed by atoms with van der Waals surface area (Å²) in [5.74, 6) is 0. The summed E-state index contributed by atoms with van der Waals surface area (Å²) < 4.78 is 0. The van der Waals surface area contributed by atoms with Crippen LogP contribution in [0.5, 0.6) is 0 Å². The molecule has 0 fully saturated rings. The molecule has 3 aromatic carbocycles. The second-order valence-corrected chi connectivity index (χ2v) is 9.07. The van der Waals surface area contributed by atoms with Crippen molar-refractivity contribution in [3.05, 3.63) is 101 Å². The molecule has 0 saturated carbocycles. The number of nitrogens with zero attached hydrogens (tertiary/aromatic N) is 1. The Morgan fingerprint density at radius 3 is 2.13 bits per heavy atom. The van der Waals surface area contributed by atoms with Crippen LogP contribution in [0.15, 0.2) is 73.1 Å². The van der Waals surface area contributed by atoms with Gasteiger partial charge in [-0.1, -0.05) is 61.9 Å². The maximum atomic E-state index is 4.24. The monoisotopic (exact) mass is 389 g/mol. The van der Waals surface area contributed by atoms with Gasteiger partial charge in [0, 0.05) is 17.8 Å². The maximum absolute atomic E-state index is 4.24. The summed E-state index contributed by atoms with van der Waals surface area (Å²) >= 11 is 0. The van der Waals surface area contributed by atoms with Crippen molar-refractivity contribution >= 4 is 0 Å². The zero-order valence-corrected chi connectivity index (χ0v) is 18.4. The predicted molar refractivity (Wildman–Crippen MR) is 127 cm³/mol. The van der Waals surface area contributed by atoms with Gasteiger partial charge in [-0.3, -0.25) is 4.98 Å². The standard InChI is InChI=1S/C29H27N/c1-18-10-11-23-25(16-18)29(4,5)26-17-24(21-12-14-30-15-13-21)20(3)27(28(23)26)22-9-7-6-8-19(22)2/h6-17H,1-5H3. The molecule has 0 atom stereocenters. The molecule has 1 aliphatic rings. The number of hydrogen-bond acceptors (Lipinski definition) is 1. The molecule has 1 heterocycles. The van der Waals surface area contributed by atoms with Crippen LogP contribution in [-0.4, -0.2) is 4.98 Å². The van der Waals surface area contributed by atoms with Crippen LogP contribution < -0.4 is 0 Å². The number of pyridine rings is 1. The SMILES string of the molecule is Cc1ccc2c(c1)C(C)(C)c1cc(-c3ccncc3)c(C)c(-c3ccccc3C)c1-2. The third-order valence-corrected chi connectivity index (χ3v) is 6.78. The fourth-order valence-electron chi connectivity index (χ4n) is 5.11. The molecule has 30 heavy (non-hydrogen) atoms. The minimum Gasteiger partial charge on any atom is -0.265 e. The van der Waals surface area contributed by atoms with Gasteiger partial charge >= 0.3 is 0 Å². The fraction of sp³-hybridized carbons (Fsp3) is 0.207. The molecular formula is C29H27N. The van der Waals surface area contributed by atoms with Crippen LogP contribution >= 0.6 is 0 Å². The van der Waals surface area contributed by atoms with Gasteiger partial charge in [0.25, 0.3) is 0 Å². The van der Waals surface area contributed by atoms with Gasteiger partial charge in [0.05, 0.1) is 0 Å². The minimum atomic E-state index is -0.0381. The molecule has 0 radical (unpaired) electrons. The molecule has 0 unspecified atom stereocenters. The van der Waals surface area contributed by atoms with E-state index in [4.69, 9.17) is 0 Å². The summed E-state index contributed by atoms with van der Waals surface area (Å²) in [7, 11) is 0. The average molecular weight is 390 g/mol. The Labute approximate surface area is 179 Å². The number of fused-ring (bicyclic) bond motifs is 3. The molecule has 1 aromatic heterocycles. The molecule has 0 bridgehead atoms. The maximum Gasteiger partial charge on any atom is 0.0273 e. The van der Waals surface area contributed by atoms with Crippen LogP contribution in [0.4, 0.5) is 0 Å². The Morgan fingerprint density at radius 2 is 1.40 bits per heavy atom. The van der Waals surface area contributed by atoms with Crippen molar-refractivity contribution < 1.29 is 0 Å². The summed E-state index contributed by atoms with van der Waals surface area (Å²) in [6, 6.07) is 22.4. The first-order valence-corrected chi connectivity index (χ1v) is 10.7. The van der Waals surface area contributed by atoms with Crippen molar-refractivity contribution in [3.8, 4) is 33.4 Å². The number of rotatable bonds is 2. The Kier molecular flexibility index (Phi) is 4.18. The highest BCUT2D eigenvalue weighted by Gasteiger charge is 2.38. The second-order valence-electron chi connectivity index (χ2n) is 9.07. The highest BCUT2D eigenvalue weighted by molar-refractivity contribution is 5.98. The van der Waals surface area contributed by atoms with Crippen LogP contribution in [-0.2, 0) is 5.41 Å². The van der Waals surface area contributed by atoms with Gasteiger partial charge in [0.1, 0.15) is 0 Å². The lowest BCUT2D eigenvalue weighted by Crippen LogP contribution is -2.15. The van der Waals surface area contributed by atoms with Gasteiger partial charge in [-0.05, 0) is 94.6 Å². The smallest absolute Gasteiger partial charge is 0.0273 e. The molecule has 4 aromatic rings. The topological polar surface area (TPSA) is 12.9 Å². The van der Waals surface area contributed by atoms with E-state index in [1.807, 2.05) is 12.4 Å². The van der Waals surface area contributed by atoms with E-state index in [-0.39, 0.29) is 5.41 Å². The minimum absolute atomic E-state index is 0.0381. The molecular weight excluding hydrogens is 362 g/mol. The van der Waals surface area contributed by atoms with Gasteiger partial charge in [0.2, 0.25) is 0 Å². The summed E-state index contributed by atoms with van der Waals surface area (Å²) in [4.78, 5) is 4.24. The lowest BCUT2D eigenvalue weighted by atomic mass is 9.78. The summed E-state index contributed by atoms with van der Waals surface area (Å²) in [5.41, 5.74) is 14.8. The predicted octanol–water partition coefficient (Wildman–Crippen LogP) is 7.65. The Balaban J connectivity index is 1.95. The first-order valence-electron chi connectivity index (χ1n) is 10.7. The van der Waals surface area contributed by atoms with Crippen molar-refractivity contribution in [1.29, 1.82) is 0 Å². The molecule has 5 rings (SSSR count). The summed E-state index contributed by atoms with van der Waals surface area (Å²) in [6.45, 7) is 11.4. The highest BCUT2D eigenvalue weighted by atomic mass is 14.6. The van der Waals surface area contributed by atoms with Gasteiger partial charge in [-0.25, -0.2) is 0 Å². The molecule has 0 N–H and O–H groups in total. The second kappa shape index (κ2) is 6.67. The van der Waals surface area contributed by atoms with Crippen molar-refractivity contribution in [3.63, 3.8) is 0 Å². The summed E-state index contributed by atoms with van der Waals surface area (Å²) in [5, 5.41) is 0. The van der Waals surface area contributed by atoms with E-state index in [9.17, 15) is 0 Å². The van der Waals surface area contributed by atoms with Gasteiger partial charge in [-0.2, -0.15) is 0 Å². The third kappa shape index (κ3) is 2.65. The normalized spacial score (nSPS) is 13.8. The highest BCUT2D eigenvalue weighted by Crippen LogP contribution is 2.55. The molecule has 148 valence electrons. The van der Waals surface area contributed by atoms with E-state index in [1.165, 1.54) is 61.2 Å². The van der Waals surface area contributed by atoms with Crippen LogP contribution in [0.3, 0.4) is 0 Å². The lowest BCUT2D eigenvalue weighted by Gasteiger charge is -2.25. The van der Waals surface area contributed by atoms with Gasteiger partial charge in [-0.15, -0.1) is 0 Å². The van der Waals surface area contributed by atoms with Crippen molar-refractivity contribution in [2.45, 2.75) is 40.0 Å². The number of hydrogen-bond donors (Lipinski definition) is 0. The zero-order chi connectivity index (χ0) is 21.0. The van der Waals surface area contributed by atoms with E-state index >= 15 is 0 Å². The third-order valence-electron chi connectivity index (χ3n) is 6.78. The zero-order valence-electron chi connectivity index (χ0n) is 18.4. The van der Waals surface area contributed by atoms with Crippen LogP contribution in [0.1, 0.15) is 41.7 Å². The first kappa shape index (κ1) is 18.8. The Hall–Kier alpha value is -3.19. The summed E-state index contributed by atoms with van der Waals surface area (Å²) in [6.07, 6.45) is 3.78. The van der Waals surface area contributed by atoms with E-state index in [0.29, 0.717) is 0 Å². The molecule has 0 amide bonds. The van der Waals surface area contributed by atoms with Crippen LogP contribution in [0.25, 0.3) is 33.4 Å².